The Morgan fingerprint density at radius 1 is 1.29 bits per heavy atom. The summed E-state index contributed by atoms with van der Waals surface area (Å²) in [6.45, 7) is 10.2. The molecule has 0 saturated heterocycles. The van der Waals surface area contributed by atoms with Crippen molar-refractivity contribution in [1.82, 2.24) is 14.8 Å². The molecular formula is C24H28N4O4S2. The number of benzene rings is 1. The van der Waals surface area contributed by atoms with E-state index in [1.165, 1.54) is 30.2 Å². The van der Waals surface area contributed by atoms with Crippen LogP contribution >= 0.6 is 23.1 Å². The number of aromatic nitrogens is 3. The third-order valence-corrected chi connectivity index (χ3v) is 7.04. The average Bonchev–Trinajstić information content (AvgIpc) is 3.43. The Balaban J connectivity index is 1.69. The van der Waals surface area contributed by atoms with Crippen LogP contribution in [-0.4, -0.2) is 39.5 Å². The lowest BCUT2D eigenvalue weighted by Crippen LogP contribution is -2.16. The molecule has 180 valence electrons. The van der Waals surface area contributed by atoms with E-state index >= 15 is 0 Å². The van der Waals surface area contributed by atoms with Crippen molar-refractivity contribution in [3.05, 3.63) is 64.8 Å². The van der Waals surface area contributed by atoms with Gasteiger partial charge >= 0.3 is 5.97 Å². The predicted molar refractivity (Wildman–Crippen MR) is 135 cm³/mol. The molecule has 3 rings (SSSR count). The number of allylic oxidation sites excluding steroid dienone is 1. The van der Waals surface area contributed by atoms with Crippen molar-refractivity contribution in [2.24, 2.45) is 0 Å². The van der Waals surface area contributed by atoms with Crippen LogP contribution in [0.1, 0.15) is 46.6 Å². The van der Waals surface area contributed by atoms with Crippen molar-refractivity contribution in [3.63, 3.8) is 0 Å². The number of methoxy groups -OCH3 is 1. The molecule has 10 heteroatoms. The number of nitrogens with zero attached hydrogens (tertiary/aromatic N) is 3. The van der Waals surface area contributed by atoms with Gasteiger partial charge in [-0.2, -0.15) is 0 Å². The highest BCUT2D eigenvalue weighted by atomic mass is 32.2. The number of ether oxygens (including phenoxy) is 2. The molecule has 0 fully saturated rings. The van der Waals surface area contributed by atoms with E-state index in [-0.39, 0.29) is 17.8 Å². The van der Waals surface area contributed by atoms with Crippen LogP contribution in [0.15, 0.2) is 48.1 Å². The molecule has 1 amide bonds. The summed E-state index contributed by atoms with van der Waals surface area (Å²) in [6, 6.07) is 9.55. The second-order valence-electron chi connectivity index (χ2n) is 7.45. The molecule has 8 nitrogen and oxygen atoms in total. The third kappa shape index (κ3) is 6.27. The highest BCUT2D eigenvalue weighted by molar-refractivity contribution is 7.99. The zero-order valence-corrected chi connectivity index (χ0v) is 21.3. The van der Waals surface area contributed by atoms with E-state index in [2.05, 4.69) is 22.1 Å². The van der Waals surface area contributed by atoms with Gasteiger partial charge in [0.25, 0.3) is 0 Å². The van der Waals surface area contributed by atoms with Crippen LogP contribution in [0.25, 0.3) is 0 Å². The van der Waals surface area contributed by atoms with Gasteiger partial charge in [-0.15, -0.1) is 28.1 Å². The van der Waals surface area contributed by atoms with Crippen molar-refractivity contribution >= 4 is 40.0 Å². The summed E-state index contributed by atoms with van der Waals surface area (Å²) in [6.07, 6.45) is 2.16. The van der Waals surface area contributed by atoms with Crippen molar-refractivity contribution in [3.8, 4) is 5.75 Å². The first-order valence-corrected chi connectivity index (χ1v) is 12.6. The summed E-state index contributed by atoms with van der Waals surface area (Å²) in [5.74, 6) is 0.753. The molecule has 2 aromatic heterocycles. The number of anilines is 1. The number of thiophene rings is 1. The molecule has 1 unspecified atom stereocenters. The Morgan fingerprint density at radius 2 is 2.03 bits per heavy atom. The summed E-state index contributed by atoms with van der Waals surface area (Å²) >= 11 is 2.63. The van der Waals surface area contributed by atoms with Gasteiger partial charge in [0.15, 0.2) is 17.1 Å². The standard InChI is InChI=1S/C24H28N4O4S2/c1-6-12-28-21(16(4)32-17-10-8-15(3)9-11-17)26-27-24(28)33-14-20(29)25-22-19(23(30)31-5)13-18(7-2)34-22/h6,8-11,13,16H,1,7,12,14H2,2-5H3,(H,25,29). The minimum absolute atomic E-state index is 0.0997. The van der Waals surface area contributed by atoms with Gasteiger partial charge in [-0.05, 0) is 38.5 Å². The molecular weight excluding hydrogens is 472 g/mol. The quantitative estimate of drug-likeness (QED) is 0.223. The number of carbonyl (C=O) groups excluding carboxylic acids is 2. The Bertz CT molecular complexity index is 1150. The molecule has 0 aliphatic carbocycles. The molecule has 1 N–H and O–H groups in total. The smallest absolute Gasteiger partial charge is 0.340 e. The molecule has 2 heterocycles. The lowest BCUT2D eigenvalue weighted by atomic mass is 10.2. The number of amides is 1. The van der Waals surface area contributed by atoms with Gasteiger partial charge in [0.05, 0.1) is 18.4 Å². The number of nitrogens with one attached hydrogen (secondary N) is 1. The van der Waals surface area contributed by atoms with E-state index < -0.39 is 5.97 Å². The molecule has 1 aromatic carbocycles. The maximum absolute atomic E-state index is 12.6. The van der Waals surface area contributed by atoms with E-state index in [9.17, 15) is 9.59 Å². The molecule has 0 spiro atoms. The first-order chi connectivity index (χ1) is 16.4. The fraction of sp³-hybridized carbons (Fsp3) is 0.333. The zero-order valence-electron chi connectivity index (χ0n) is 19.7. The van der Waals surface area contributed by atoms with Crippen molar-refractivity contribution < 1.29 is 19.1 Å². The number of carbonyl (C=O) groups is 2. The highest BCUT2D eigenvalue weighted by Crippen LogP contribution is 2.30. The normalized spacial score (nSPS) is 11.6. The summed E-state index contributed by atoms with van der Waals surface area (Å²) in [7, 11) is 1.32. The van der Waals surface area contributed by atoms with Gasteiger partial charge in [0, 0.05) is 11.4 Å². The van der Waals surface area contributed by atoms with Crippen LogP contribution < -0.4 is 10.1 Å². The lowest BCUT2D eigenvalue weighted by Gasteiger charge is -2.16. The summed E-state index contributed by atoms with van der Waals surface area (Å²) in [5.41, 5.74) is 1.51. The molecule has 0 aliphatic heterocycles. The van der Waals surface area contributed by atoms with Crippen LogP contribution in [-0.2, 0) is 22.5 Å². The van der Waals surface area contributed by atoms with E-state index in [1.807, 2.05) is 49.6 Å². The minimum Gasteiger partial charge on any atom is -0.483 e. The number of hydrogen-bond donors (Lipinski definition) is 1. The van der Waals surface area contributed by atoms with Gasteiger partial charge in [-0.25, -0.2) is 4.79 Å². The number of rotatable bonds is 11. The fourth-order valence-corrected chi connectivity index (χ4v) is 4.90. The van der Waals surface area contributed by atoms with Gasteiger partial charge < -0.3 is 14.8 Å². The van der Waals surface area contributed by atoms with E-state index in [1.54, 1.807) is 12.1 Å². The van der Waals surface area contributed by atoms with Crippen molar-refractivity contribution in [2.75, 3.05) is 18.2 Å². The van der Waals surface area contributed by atoms with E-state index in [4.69, 9.17) is 9.47 Å². The largest absolute Gasteiger partial charge is 0.483 e. The van der Waals surface area contributed by atoms with Crippen LogP contribution in [0.5, 0.6) is 5.75 Å². The minimum atomic E-state index is -0.475. The summed E-state index contributed by atoms with van der Waals surface area (Å²) < 4.78 is 12.7. The molecule has 0 saturated carbocycles. The zero-order chi connectivity index (χ0) is 24.7. The molecule has 34 heavy (non-hydrogen) atoms. The number of aryl methyl sites for hydroxylation is 2. The lowest BCUT2D eigenvalue weighted by molar-refractivity contribution is -0.113. The number of thioether (sulfide) groups is 1. The van der Waals surface area contributed by atoms with Gasteiger partial charge in [-0.1, -0.05) is 42.5 Å². The fourth-order valence-electron chi connectivity index (χ4n) is 3.15. The van der Waals surface area contributed by atoms with Crippen molar-refractivity contribution in [2.45, 2.75) is 45.0 Å². The number of hydrogen-bond acceptors (Lipinski definition) is 8. The first kappa shape index (κ1) is 25.5. The Hall–Kier alpha value is -3.11. The Kier molecular flexibility index (Phi) is 8.89. The van der Waals surface area contributed by atoms with Crippen molar-refractivity contribution in [1.29, 1.82) is 0 Å². The monoisotopic (exact) mass is 500 g/mol. The first-order valence-electron chi connectivity index (χ1n) is 10.8. The highest BCUT2D eigenvalue weighted by Gasteiger charge is 2.21. The SMILES string of the molecule is C=CCn1c(SCC(=O)Nc2sc(CC)cc2C(=O)OC)nnc1C(C)Oc1ccc(C)cc1. The van der Waals surface area contributed by atoms with Gasteiger partial charge in [0.1, 0.15) is 10.8 Å². The molecule has 3 aromatic rings. The summed E-state index contributed by atoms with van der Waals surface area (Å²) in [5, 5.41) is 12.5. The molecule has 0 radical (unpaired) electrons. The number of esters is 1. The maximum atomic E-state index is 12.6. The Labute approximate surface area is 207 Å². The van der Waals surface area contributed by atoms with E-state index in [0.29, 0.717) is 28.1 Å². The topological polar surface area (TPSA) is 95.3 Å². The Morgan fingerprint density at radius 3 is 2.68 bits per heavy atom. The van der Waals surface area contributed by atoms with Crippen LogP contribution in [0, 0.1) is 6.92 Å². The molecule has 0 bridgehead atoms. The van der Waals surface area contributed by atoms with Gasteiger partial charge in [-0.3, -0.25) is 9.36 Å². The maximum Gasteiger partial charge on any atom is 0.340 e. The third-order valence-electron chi connectivity index (χ3n) is 4.88. The second kappa shape index (κ2) is 11.8. The van der Waals surface area contributed by atoms with E-state index in [0.717, 1.165) is 22.6 Å². The van der Waals surface area contributed by atoms with Crippen LogP contribution in [0.2, 0.25) is 0 Å². The molecule has 1 atom stereocenters. The van der Waals surface area contributed by atoms with Crippen LogP contribution in [0.3, 0.4) is 0 Å². The predicted octanol–water partition coefficient (Wildman–Crippen LogP) is 5.05. The van der Waals surface area contributed by atoms with Crippen LogP contribution in [0.4, 0.5) is 5.00 Å². The second-order valence-corrected chi connectivity index (χ2v) is 9.53. The van der Waals surface area contributed by atoms with Gasteiger partial charge in [0.2, 0.25) is 5.91 Å². The molecule has 0 aliphatic rings. The summed E-state index contributed by atoms with van der Waals surface area (Å²) in [4.78, 5) is 25.7. The average molecular weight is 501 g/mol.